The van der Waals surface area contributed by atoms with Gasteiger partial charge in [0, 0.05) is 36.1 Å². The fourth-order valence-electron chi connectivity index (χ4n) is 6.51. The highest BCUT2D eigenvalue weighted by Crippen LogP contribution is 2.46. The summed E-state index contributed by atoms with van der Waals surface area (Å²) in [7, 11) is 1.42. The highest BCUT2D eigenvalue weighted by atomic mass is 16.5. The van der Waals surface area contributed by atoms with Gasteiger partial charge in [-0.1, -0.05) is 49.6 Å². The number of aromatic nitrogens is 1. The Kier molecular flexibility index (Phi) is 6.63. The van der Waals surface area contributed by atoms with Gasteiger partial charge >= 0.3 is 12.0 Å². The summed E-state index contributed by atoms with van der Waals surface area (Å²) in [6.45, 7) is 3.03. The van der Waals surface area contributed by atoms with Gasteiger partial charge in [0.2, 0.25) is 0 Å². The summed E-state index contributed by atoms with van der Waals surface area (Å²) < 4.78 is 12.9. The Bertz CT molecular complexity index is 1320. The van der Waals surface area contributed by atoms with Gasteiger partial charge in [0.05, 0.1) is 37.6 Å². The molecule has 1 saturated carbocycles. The Morgan fingerprint density at radius 1 is 1.03 bits per heavy atom. The van der Waals surface area contributed by atoms with Crippen LogP contribution in [0.1, 0.15) is 59.5 Å². The lowest BCUT2D eigenvalue weighted by atomic mass is 9.81. The first kappa shape index (κ1) is 24.0. The second kappa shape index (κ2) is 10.2. The number of nitrogens with zero attached hydrogens (tertiary/aromatic N) is 2. The average Bonchev–Trinajstić information content (AvgIpc) is 3.17. The van der Waals surface area contributed by atoms with Crippen LogP contribution < -0.4 is 5.32 Å². The lowest BCUT2D eigenvalue weighted by Gasteiger charge is -2.29. The van der Waals surface area contributed by atoms with Gasteiger partial charge in [-0.15, -0.1) is 0 Å². The molecule has 2 fully saturated rings. The van der Waals surface area contributed by atoms with Gasteiger partial charge in [0.15, 0.2) is 0 Å². The fourth-order valence-corrected chi connectivity index (χ4v) is 6.51. The molecule has 194 valence electrons. The van der Waals surface area contributed by atoms with Crippen molar-refractivity contribution >= 4 is 22.9 Å². The van der Waals surface area contributed by atoms with E-state index in [1.165, 1.54) is 67.0 Å². The van der Waals surface area contributed by atoms with Crippen LogP contribution in [0.4, 0.5) is 4.79 Å². The SMILES string of the molecule is COC(=O)c1ccc2c(C3CCCCC3)c3n(c2c1)CC(NC(=O)N1CCOCC1)Cc1ccccc1-3. The number of morpholine rings is 1. The van der Waals surface area contributed by atoms with Crippen LogP contribution in [-0.4, -0.2) is 60.9 Å². The first-order chi connectivity index (χ1) is 18.1. The molecule has 1 aliphatic carbocycles. The summed E-state index contributed by atoms with van der Waals surface area (Å²) in [5, 5.41) is 4.54. The molecular formula is C30H35N3O4. The number of methoxy groups -OCH3 is 1. The topological polar surface area (TPSA) is 72.8 Å². The van der Waals surface area contributed by atoms with Gasteiger partial charge < -0.3 is 24.3 Å². The minimum absolute atomic E-state index is 0.0338. The van der Waals surface area contributed by atoms with Gasteiger partial charge in [-0.05, 0) is 48.4 Å². The number of amides is 2. The molecule has 6 rings (SSSR count). The Hall–Kier alpha value is -3.32. The number of carbonyl (C=O) groups is 2. The number of hydrogen-bond donors (Lipinski definition) is 1. The molecule has 2 amide bonds. The highest BCUT2D eigenvalue weighted by molar-refractivity contribution is 5.99. The summed E-state index contributed by atoms with van der Waals surface area (Å²) in [4.78, 5) is 27.5. The van der Waals surface area contributed by atoms with E-state index in [9.17, 15) is 9.59 Å². The van der Waals surface area contributed by atoms with Crippen LogP contribution in [0.25, 0.3) is 22.2 Å². The molecule has 2 aromatic carbocycles. The smallest absolute Gasteiger partial charge is 0.337 e. The molecule has 1 saturated heterocycles. The highest BCUT2D eigenvalue weighted by Gasteiger charge is 2.32. The first-order valence-corrected chi connectivity index (χ1v) is 13.6. The largest absolute Gasteiger partial charge is 0.465 e. The second-order valence-electron chi connectivity index (χ2n) is 10.5. The zero-order valence-corrected chi connectivity index (χ0v) is 21.5. The van der Waals surface area contributed by atoms with Crippen molar-refractivity contribution < 1.29 is 19.1 Å². The van der Waals surface area contributed by atoms with Crippen molar-refractivity contribution in [1.29, 1.82) is 0 Å². The maximum absolute atomic E-state index is 13.2. The fraction of sp³-hybridized carbons (Fsp3) is 0.467. The zero-order chi connectivity index (χ0) is 25.4. The van der Waals surface area contributed by atoms with Gasteiger partial charge in [0.1, 0.15) is 0 Å². The van der Waals surface area contributed by atoms with Crippen LogP contribution in [0.2, 0.25) is 0 Å². The molecule has 1 unspecified atom stereocenters. The number of hydrogen-bond acceptors (Lipinski definition) is 4. The van der Waals surface area contributed by atoms with E-state index in [4.69, 9.17) is 9.47 Å². The summed E-state index contributed by atoms with van der Waals surface area (Å²) in [5.74, 6) is 0.159. The minimum Gasteiger partial charge on any atom is -0.465 e. The van der Waals surface area contributed by atoms with Crippen molar-refractivity contribution in [3.63, 3.8) is 0 Å². The molecule has 7 heteroatoms. The molecule has 0 spiro atoms. The molecule has 1 aromatic heterocycles. The maximum Gasteiger partial charge on any atom is 0.337 e. The van der Waals surface area contributed by atoms with Crippen LogP contribution in [0.5, 0.6) is 0 Å². The van der Waals surface area contributed by atoms with Crippen LogP contribution in [0.3, 0.4) is 0 Å². The molecule has 0 radical (unpaired) electrons. The molecule has 0 bridgehead atoms. The van der Waals surface area contributed by atoms with Crippen molar-refractivity contribution in [1.82, 2.24) is 14.8 Å². The molecule has 3 aliphatic rings. The van der Waals surface area contributed by atoms with E-state index in [-0.39, 0.29) is 18.0 Å². The lowest BCUT2D eigenvalue weighted by molar-refractivity contribution is 0.0524. The standard InChI is InChI=1S/C30H35N3O4/c1-36-29(34)22-11-12-25-26(18-22)33-19-23(31-30(35)32-13-15-37-16-14-32)17-21-9-5-6-10-24(21)28(33)27(25)20-7-3-2-4-8-20/h5-6,9-12,18,20,23H,2-4,7-8,13-17,19H2,1H3,(H,31,35). The van der Waals surface area contributed by atoms with Crippen LogP contribution >= 0.6 is 0 Å². The summed E-state index contributed by atoms with van der Waals surface area (Å²) in [6, 6.07) is 14.5. The normalized spacial score (nSPS) is 20.1. The molecule has 3 heterocycles. The number of carbonyl (C=O) groups excluding carboxylic acids is 2. The average molecular weight is 502 g/mol. The zero-order valence-electron chi connectivity index (χ0n) is 21.5. The van der Waals surface area contributed by atoms with Crippen molar-refractivity contribution in [2.75, 3.05) is 33.4 Å². The molecule has 7 nitrogen and oxygen atoms in total. The molecular weight excluding hydrogens is 466 g/mol. The van der Waals surface area contributed by atoms with Crippen molar-refractivity contribution in [3.05, 3.63) is 59.2 Å². The first-order valence-electron chi connectivity index (χ1n) is 13.6. The number of ether oxygens (including phenoxy) is 2. The Morgan fingerprint density at radius 2 is 1.81 bits per heavy atom. The van der Waals surface area contributed by atoms with Crippen molar-refractivity contribution in [2.45, 2.75) is 57.0 Å². The summed E-state index contributed by atoms with van der Waals surface area (Å²) in [6.07, 6.45) is 6.92. The summed E-state index contributed by atoms with van der Waals surface area (Å²) >= 11 is 0. The quantitative estimate of drug-likeness (QED) is 0.507. The Labute approximate surface area is 217 Å². The van der Waals surface area contributed by atoms with E-state index >= 15 is 0 Å². The Balaban J connectivity index is 1.49. The third-order valence-electron chi connectivity index (χ3n) is 8.31. The number of esters is 1. The van der Waals surface area contributed by atoms with E-state index in [2.05, 4.69) is 40.2 Å². The number of urea groups is 1. The van der Waals surface area contributed by atoms with Gasteiger partial charge in [-0.3, -0.25) is 0 Å². The monoisotopic (exact) mass is 501 g/mol. The predicted octanol–water partition coefficient (Wildman–Crippen LogP) is 5.11. The van der Waals surface area contributed by atoms with E-state index in [1.54, 1.807) is 0 Å². The number of nitrogens with one attached hydrogen (secondary N) is 1. The van der Waals surface area contributed by atoms with Gasteiger partial charge in [0.25, 0.3) is 0 Å². The maximum atomic E-state index is 13.2. The molecule has 2 aliphatic heterocycles. The van der Waals surface area contributed by atoms with Gasteiger partial charge in [-0.2, -0.15) is 0 Å². The molecule has 1 atom stereocenters. The minimum atomic E-state index is -0.331. The van der Waals surface area contributed by atoms with Crippen molar-refractivity contribution in [3.8, 4) is 11.3 Å². The van der Waals surface area contributed by atoms with E-state index in [0.717, 1.165) is 11.9 Å². The van der Waals surface area contributed by atoms with E-state index in [1.807, 2.05) is 17.0 Å². The number of rotatable bonds is 3. The predicted molar refractivity (Wildman–Crippen MR) is 143 cm³/mol. The number of benzene rings is 2. The van der Waals surface area contributed by atoms with Crippen LogP contribution in [0, 0.1) is 0 Å². The van der Waals surface area contributed by atoms with Crippen molar-refractivity contribution in [2.24, 2.45) is 0 Å². The van der Waals surface area contributed by atoms with Crippen LogP contribution in [-0.2, 0) is 22.4 Å². The van der Waals surface area contributed by atoms with E-state index in [0.29, 0.717) is 44.3 Å². The van der Waals surface area contributed by atoms with E-state index < -0.39 is 0 Å². The third-order valence-corrected chi connectivity index (χ3v) is 8.31. The second-order valence-corrected chi connectivity index (χ2v) is 10.5. The molecule has 37 heavy (non-hydrogen) atoms. The summed E-state index contributed by atoms with van der Waals surface area (Å²) in [5.41, 5.74) is 6.74. The lowest BCUT2D eigenvalue weighted by Crippen LogP contribution is -2.50. The van der Waals surface area contributed by atoms with Crippen LogP contribution in [0.15, 0.2) is 42.5 Å². The third kappa shape index (κ3) is 4.50. The Morgan fingerprint density at radius 3 is 2.59 bits per heavy atom. The number of fused-ring (bicyclic) bond motifs is 5. The van der Waals surface area contributed by atoms with Gasteiger partial charge in [-0.25, -0.2) is 9.59 Å². The molecule has 1 N–H and O–H groups in total. The molecule has 3 aromatic rings.